The van der Waals surface area contributed by atoms with Crippen LogP contribution in [0.4, 0.5) is 11.4 Å². The van der Waals surface area contributed by atoms with Crippen LogP contribution in [-0.4, -0.2) is 24.3 Å². The second kappa shape index (κ2) is 5.35. The number of anilines is 1. The van der Waals surface area contributed by atoms with Crippen molar-refractivity contribution < 1.29 is 9.72 Å². The number of benzene rings is 1. The van der Waals surface area contributed by atoms with Crippen LogP contribution < -0.4 is 4.90 Å². The standard InChI is InChI=1S/C12H13ClN2O3/c13-10-1-2-11(12(7-10)15(17)18)14-5-3-9(8-16)4-6-14/h1-2,7-9H,3-6H2. The van der Waals surface area contributed by atoms with Crippen LogP contribution in [0.5, 0.6) is 0 Å². The van der Waals surface area contributed by atoms with Gasteiger partial charge in [-0.15, -0.1) is 0 Å². The second-order valence-electron chi connectivity index (χ2n) is 4.35. The number of nitrogens with zero attached hydrogens (tertiary/aromatic N) is 2. The van der Waals surface area contributed by atoms with E-state index >= 15 is 0 Å². The average molecular weight is 269 g/mol. The third kappa shape index (κ3) is 2.61. The molecule has 0 aliphatic carbocycles. The smallest absolute Gasteiger partial charge is 0.294 e. The van der Waals surface area contributed by atoms with E-state index in [9.17, 15) is 14.9 Å². The molecule has 5 nitrogen and oxygen atoms in total. The Kier molecular flexibility index (Phi) is 3.81. The largest absolute Gasteiger partial charge is 0.366 e. The Bertz CT molecular complexity index is 470. The van der Waals surface area contributed by atoms with Crippen molar-refractivity contribution in [2.24, 2.45) is 5.92 Å². The first kappa shape index (κ1) is 12.8. The predicted octanol–water partition coefficient (Wildman–Crippen LogP) is 2.66. The van der Waals surface area contributed by atoms with Crippen molar-refractivity contribution in [1.82, 2.24) is 0 Å². The molecule has 0 amide bonds. The molecule has 1 saturated heterocycles. The lowest BCUT2D eigenvalue weighted by Crippen LogP contribution is -2.34. The number of halogens is 1. The van der Waals surface area contributed by atoms with E-state index in [1.807, 2.05) is 4.90 Å². The van der Waals surface area contributed by atoms with Gasteiger partial charge in [0, 0.05) is 30.1 Å². The first-order valence-electron chi connectivity index (χ1n) is 5.76. The average Bonchev–Trinajstić information content (AvgIpc) is 2.39. The number of piperidine rings is 1. The zero-order chi connectivity index (χ0) is 13.1. The zero-order valence-electron chi connectivity index (χ0n) is 9.71. The SMILES string of the molecule is O=CC1CCN(c2ccc(Cl)cc2[N+](=O)[O-])CC1. The van der Waals surface area contributed by atoms with Crippen LogP contribution in [0.1, 0.15) is 12.8 Å². The highest BCUT2D eigenvalue weighted by atomic mass is 35.5. The summed E-state index contributed by atoms with van der Waals surface area (Å²) < 4.78 is 0. The van der Waals surface area contributed by atoms with Gasteiger partial charge in [-0.25, -0.2) is 0 Å². The second-order valence-corrected chi connectivity index (χ2v) is 4.79. The first-order valence-corrected chi connectivity index (χ1v) is 6.14. The van der Waals surface area contributed by atoms with E-state index in [0.29, 0.717) is 23.8 Å². The summed E-state index contributed by atoms with van der Waals surface area (Å²) in [7, 11) is 0. The van der Waals surface area contributed by atoms with E-state index in [0.717, 1.165) is 19.1 Å². The molecule has 0 unspecified atom stereocenters. The van der Waals surface area contributed by atoms with Gasteiger partial charge in [0.15, 0.2) is 0 Å². The Morgan fingerprint density at radius 1 is 1.39 bits per heavy atom. The Hall–Kier alpha value is -1.62. The molecule has 1 fully saturated rings. The van der Waals surface area contributed by atoms with Gasteiger partial charge < -0.3 is 9.69 Å². The summed E-state index contributed by atoms with van der Waals surface area (Å²) in [5.74, 6) is 0.0765. The number of nitro groups is 1. The molecule has 1 aliphatic rings. The molecule has 96 valence electrons. The third-order valence-electron chi connectivity index (χ3n) is 3.21. The lowest BCUT2D eigenvalue weighted by molar-refractivity contribution is -0.384. The highest BCUT2D eigenvalue weighted by Crippen LogP contribution is 2.33. The first-order chi connectivity index (χ1) is 8.61. The number of rotatable bonds is 3. The minimum Gasteiger partial charge on any atom is -0.366 e. The van der Waals surface area contributed by atoms with E-state index in [4.69, 9.17) is 11.6 Å². The normalized spacial score (nSPS) is 16.6. The van der Waals surface area contributed by atoms with E-state index in [1.54, 1.807) is 12.1 Å². The Morgan fingerprint density at radius 3 is 2.61 bits per heavy atom. The van der Waals surface area contributed by atoms with Crippen molar-refractivity contribution >= 4 is 29.3 Å². The summed E-state index contributed by atoms with van der Waals surface area (Å²) in [5, 5.41) is 11.4. The number of hydrogen-bond acceptors (Lipinski definition) is 4. The van der Waals surface area contributed by atoms with Crippen molar-refractivity contribution in [1.29, 1.82) is 0 Å². The molecule has 6 heteroatoms. The van der Waals surface area contributed by atoms with Gasteiger partial charge in [-0.2, -0.15) is 0 Å². The van der Waals surface area contributed by atoms with Crippen LogP contribution in [0, 0.1) is 16.0 Å². The summed E-state index contributed by atoms with van der Waals surface area (Å²) in [5.41, 5.74) is 0.598. The molecular formula is C12H13ClN2O3. The fourth-order valence-corrected chi connectivity index (χ4v) is 2.35. The minimum absolute atomic E-state index is 0.0204. The van der Waals surface area contributed by atoms with Gasteiger partial charge in [-0.05, 0) is 25.0 Å². The number of nitro benzene ring substituents is 1. The van der Waals surface area contributed by atoms with Crippen LogP contribution in [-0.2, 0) is 4.79 Å². The zero-order valence-corrected chi connectivity index (χ0v) is 10.5. The lowest BCUT2D eigenvalue weighted by atomic mass is 9.98. The highest BCUT2D eigenvalue weighted by Gasteiger charge is 2.24. The van der Waals surface area contributed by atoms with Crippen molar-refractivity contribution in [2.75, 3.05) is 18.0 Å². The molecule has 1 aromatic rings. The van der Waals surface area contributed by atoms with Gasteiger partial charge in [-0.1, -0.05) is 11.6 Å². The molecule has 0 radical (unpaired) electrons. The molecule has 0 atom stereocenters. The summed E-state index contributed by atoms with van der Waals surface area (Å²) in [6.07, 6.45) is 2.44. The topological polar surface area (TPSA) is 63.5 Å². The molecule has 2 rings (SSSR count). The van der Waals surface area contributed by atoms with E-state index in [-0.39, 0.29) is 11.6 Å². The van der Waals surface area contributed by atoms with Crippen LogP contribution in [0.3, 0.4) is 0 Å². The van der Waals surface area contributed by atoms with Gasteiger partial charge in [0.1, 0.15) is 12.0 Å². The lowest BCUT2D eigenvalue weighted by Gasteiger charge is -2.31. The molecule has 0 saturated carbocycles. The Morgan fingerprint density at radius 2 is 2.06 bits per heavy atom. The van der Waals surface area contributed by atoms with Crippen LogP contribution in [0.15, 0.2) is 18.2 Å². The maximum atomic E-state index is 11.0. The summed E-state index contributed by atoms with van der Waals surface area (Å²) >= 11 is 5.78. The van der Waals surface area contributed by atoms with Gasteiger partial charge >= 0.3 is 0 Å². The third-order valence-corrected chi connectivity index (χ3v) is 3.44. The Balaban J connectivity index is 2.23. The predicted molar refractivity (Wildman–Crippen MR) is 69.1 cm³/mol. The monoisotopic (exact) mass is 268 g/mol. The number of aldehydes is 1. The molecule has 0 spiro atoms. The van der Waals surface area contributed by atoms with Gasteiger partial charge in [0.05, 0.1) is 4.92 Å². The fraction of sp³-hybridized carbons (Fsp3) is 0.417. The molecule has 18 heavy (non-hydrogen) atoms. The molecule has 1 aliphatic heterocycles. The minimum atomic E-state index is -0.424. The van der Waals surface area contributed by atoms with Gasteiger partial charge in [-0.3, -0.25) is 10.1 Å². The Labute approximate surface area is 109 Å². The molecule has 1 aromatic carbocycles. The van der Waals surface area contributed by atoms with Crippen LogP contribution in [0.2, 0.25) is 5.02 Å². The highest BCUT2D eigenvalue weighted by molar-refractivity contribution is 6.30. The summed E-state index contributed by atoms with van der Waals surface area (Å²) in [4.78, 5) is 23.2. The van der Waals surface area contributed by atoms with E-state index in [2.05, 4.69) is 0 Å². The van der Waals surface area contributed by atoms with E-state index < -0.39 is 4.92 Å². The quantitative estimate of drug-likeness (QED) is 0.480. The van der Waals surface area contributed by atoms with Crippen molar-refractivity contribution in [3.05, 3.63) is 33.3 Å². The molecular weight excluding hydrogens is 256 g/mol. The molecule has 0 N–H and O–H groups in total. The van der Waals surface area contributed by atoms with Gasteiger partial charge in [0.25, 0.3) is 5.69 Å². The van der Waals surface area contributed by atoms with E-state index in [1.165, 1.54) is 6.07 Å². The number of hydrogen-bond donors (Lipinski definition) is 0. The maximum Gasteiger partial charge on any atom is 0.294 e. The molecule has 0 bridgehead atoms. The van der Waals surface area contributed by atoms with Crippen molar-refractivity contribution in [2.45, 2.75) is 12.8 Å². The summed E-state index contributed by atoms with van der Waals surface area (Å²) in [6.45, 7) is 1.32. The molecule has 1 heterocycles. The number of carbonyl (C=O) groups is 1. The fourth-order valence-electron chi connectivity index (χ4n) is 2.19. The van der Waals surface area contributed by atoms with Crippen molar-refractivity contribution in [3.63, 3.8) is 0 Å². The van der Waals surface area contributed by atoms with Crippen LogP contribution >= 0.6 is 11.6 Å². The molecule has 0 aromatic heterocycles. The maximum absolute atomic E-state index is 11.0. The van der Waals surface area contributed by atoms with Crippen LogP contribution in [0.25, 0.3) is 0 Å². The number of carbonyl (C=O) groups excluding carboxylic acids is 1. The van der Waals surface area contributed by atoms with Gasteiger partial charge in [0.2, 0.25) is 0 Å². The van der Waals surface area contributed by atoms with Crippen molar-refractivity contribution in [3.8, 4) is 0 Å². The summed E-state index contributed by atoms with van der Waals surface area (Å²) in [6, 6.07) is 4.68.